The molecule has 2 nitrogen and oxygen atoms in total. The van der Waals surface area contributed by atoms with Gasteiger partial charge >= 0.3 is 0 Å². The molecule has 2 heteroatoms. The fourth-order valence-corrected chi connectivity index (χ4v) is 6.47. The van der Waals surface area contributed by atoms with Gasteiger partial charge in [-0.25, -0.2) is 0 Å². The van der Waals surface area contributed by atoms with E-state index in [1.165, 1.54) is 12.8 Å². The third kappa shape index (κ3) is 1.59. The summed E-state index contributed by atoms with van der Waals surface area (Å²) >= 11 is 0. The molecule has 0 aromatic rings. The Morgan fingerprint density at radius 3 is 2.67 bits per heavy atom. The fourth-order valence-electron chi connectivity index (χ4n) is 6.47. The van der Waals surface area contributed by atoms with E-state index in [9.17, 15) is 9.59 Å². The lowest BCUT2D eigenvalue weighted by Crippen LogP contribution is -2.55. The number of carbonyl (C=O) groups is 2. The van der Waals surface area contributed by atoms with Crippen LogP contribution in [0.15, 0.2) is 12.2 Å². The topological polar surface area (TPSA) is 34.1 Å². The summed E-state index contributed by atoms with van der Waals surface area (Å²) in [6, 6.07) is 0. The van der Waals surface area contributed by atoms with Crippen molar-refractivity contribution in [3.8, 4) is 0 Å². The Morgan fingerprint density at radius 1 is 1.05 bits per heavy atom. The molecule has 4 rings (SSSR count). The molecule has 0 aromatic heterocycles. The lowest BCUT2D eigenvalue weighted by molar-refractivity contribution is -0.148. The van der Waals surface area contributed by atoms with Gasteiger partial charge in [0.25, 0.3) is 0 Å². The lowest BCUT2D eigenvalue weighted by Gasteiger charge is -2.57. The number of carbonyl (C=O) groups excluding carboxylic acids is 2. The van der Waals surface area contributed by atoms with E-state index >= 15 is 0 Å². The maximum atomic E-state index is 12.7. The van der Waals surface area contributed by atoms with E-state index in [0.29, 0.717) is 35.2 Å². The van der Waals surface area contributed by atoms with Gasteiger partial charge in [0.1, 0.15) is 5.78 Å². The predicted molar refractivity (Wildman–Crippen MR) is 81.6 cm³/mol. The van der Waals surface area contributed by atoms with E-state index in [1.54, 1.807) is 0 Å². The Bertz CT molecular complexity index is 534. The van der Waals surface area contributed by atoms with E-state index < -0.39 is 0 Å². The smallest absolute Gasteiger partial charge is 0.161 e. The minimum Gasteiger partial charge on any atom is -0.299 e. The second-order valence-corrected chi connectivity index (χ2v) is 8.35. The third-order valence-corrected chi connectivity index (χ3v) is 7.83. The number of ketones is 2. The normalized spacial score (nSPS) is 52.3. The van der Waals surface area contributed by atoms with Crippen molar-refractivity contribution in [1.29, 1.82) is 0 Å². The highest BCUT2D eigenvalue weighted by molar-refractivity contribution is 5.96. The van der Waals surface area contributed by atoms with Crippen LogP contribution in [0.5, 0.6) is 0 Å². The summed E-state index contributed by atoms with van der Waals surface area (Å²) in [5.41, 5.74) is -0.220. The fraction of sp³-hybridized carbons (Fsp3) is 0.789. The highest BCUT2D eigenvalue weighted by Gasteiger charge is 2.61. The summed E-state index contributed by atoms with van der Waals surface area (Å²) in [6.07, 6.45) is 11.3. The predicted octanol–water partition coefficient (Wildman–Crippen LogP) is 3.94. The van der Waals surface area contributed by atoms with Gasteiger partial charge in [-0.1, -0.05) is 19.9 Å². The van der Waals surface area contributed by atoms with Crippen LogP contribution in [0.1, 0.15) is 58.8 Å². The van der Waals surface area contributed by atoms with E-state index in [2.05, 4.69) is 19.9 Å². The van der Waals surface area contributed by atoms with Crippen molar-refractivity contribution in [2.24, 2.45) is 34.5 Å². The van der Waals surface area contributed by atoms with Crippen LogP contribution in [0, 0.1) is 34.5 Å². The zero-order valence-electron chi connectivity index (χ0n) is 13.2. The van der Waals surface area contributed by atoms with Crippen molar-refractivity contribution < 1.29 is 9.59 Å². The molecule has 0 aromatic carbocycles. The molecule has 0 bridgehead atoms. The van der Waals surface area contributed by atoms with E-state index in [1.807, 2.05) is 6.08 Å². The molecule has 0 N–H and O–H groups in total. The largest absolute Gasteiger partial charge is 0.299 e. The van der Waals surface area contributed by atoms with Crippen LogP contribution in [0.4, 0.5) is 0 Å². The summed E-state index contributed by atoms with van der Waals surface area (Å²) in [6.45, 7) is 4.44. The summed E-state index contributed by atoms with van der Waals surface area (Å²) < 4.78 is 0. The first-order valence-electron chi connectivity index (χ1n) is 8.72. The van der Waals surface area contributed by atoms with Crippen LogP contribution >= 0.6 is 0 Å². The molecule has 21 heavy (non-hydrogen) atoms. The number of hydrogen-bond acceptors (Lipinski definition) is 2. The third-order valence-electron chi connectivity index (χ3n) is 7.83. The minimum absolute atomic E-state index is 0.0715. The number of allylic oxidation sites excluding steroid dienone is 2. The number of Topliss-reactive ketones (excluding diaryl/α,β-unsaturated/α-hetero) is 1. The lowest BCUT2D eigenvalue weighted by atomic mass is 9.46. The zero-order valence-corrected chi connectivity index (χ0v) is 13.2. The maximum absolute atomic E-state index is 12.7. The average molecular weight is 286 g/mol. The standard InChI is InChI=1S/C19H26O2/c1-18-11-10-15-13(14(18)8-9-16(18)20)7-6-12-4-3-5-17(21)19(12,15)2/h3,5,12-15H,4,6-11H2,1-2H3. The van der Waals surface area contributed by atoms with Crippen molar-refractivity contribution in [2.75, 3.05) is 0 Å². The summed E-state index contributed by atoms with van der Waals surface area (Å²) in [7, 11) is 0. The molecule has 0 aliphatic heterocycles. The van der Waals surface area contributed by atoms with E-state index in [-0.39, 0.29) is 10.8 Å². The van der Waals surface area contributed by atoms with Crippen molar-refractivity contribution in [3.63, 3.8) is 0 Å². The van der Waals surface area contributed by atoms with Gasteiger partial charge < -0.3 is 0 Å². The van der Waals surface area contributed by atoms with Gasteiger partial charge in [0.2, 0.25) is 0 Å². The SMILES string of the molecule is CC12CCC3C(CCC4CC=CC(=O)C43C)C1CCC2=O. The average Bonchev–Trinajstić information content (AvgIpc) is 2.76. The van der Waals surface area contributed by atoms with Gasteiger partial charge in [0.15, 0.2) is 5.78 Å². The van der Waals surface area contributed by atoms with Gasteiger partial charge in [0, 0.05) is 17.3 Å². The maximum Gasteiger partial charge on any atom is 0.161 e. The molecule has 0 saturated heterocycles. The van der Waals surface area contributed by atoms with Crippen molar-refractivity contribution in [2.45, 2.75) is 58.8 Å². The Kier molecular flexibility index (Phi) is 2.81. The first-order valence-corrected chi connectivity index (χ1v) is 8.72. The van der Waals surface area contributed by atoms with Crippen LogP contribution < -0.4 is 0 Å². The Hall–Kier alpha value is -0.920. The Labute approximate surface area is 127 Å². The van der Waals surface area contributed by atoms with Gasteiger partial charge in [0.05, 0.1) is 0 Å². The van der Waals surface area contributed by atoms with Crippen LogP contribution in [0.3, 0.4) is 0 Å². The number of rotatable bonds is 0. The second kappa shape index (κ2) is 4.30. The van der Waals surface area contributed by atoms with Crippen molar-refractivity contribution in [1.82, 2.24) is 0 Å². The van der Waals surface area contributed by atoms with Crippen LogP contribution in [0.25, 0.3) is 0 Å². The molecule has 6 atom stereocenters. The molecule has 6 unspecified atom stereocenters. The highest BCUT2D eigenvalue weighted by Crippen LogP contribution is 2.64. The van der Waals surface area contributed by atoms with Crippen LogP contribution in [0.2, 0.25) is 0 Å². The minimum atomic E-state index is -0.148. The first kappa shape index (κ1) is 13.7. The molecule has 0 radical (unpaired) electrons. The van der Waals surface area contributed by atoms with Gasteiger partial charge in [-0.2, -0.15) is 0 Å². The molecule has 4 aliphatic carbocycles. The molecule has 0 heterocycles. The number of hydrogen-bond donors (Lipinski definition) is 0. The monoisotopic (exact) mass is 286 g/mol. The summed E-state index contributed by atoms with van der Waals surface area (Å²) in [5, 5.41) is 0. The first-order chi connectivity index (χ1) is 9.98. The molecule has 3 fully saturated rings. The van der Waals surface area contributed by atoms with Gasteiger partial charge in [-0.3, -0.25) is 9.59 Å². The quantitative estimate of drug-likeness (QED) is 0.676. The zero-order chi connectivity index (χ0) is 14.8. The Balaban J connectivity index is 1.72. The van der Waals surface area contributed by atoms with Gasteiger partial charge in [-0.05, 0) is 68.3 Å². The Morgan fingerprint density at radius 2 is 1.86 bits per heavy atom. The number of fused-ring (bicyclic) bond motifs is 5. The summed E-state index contributed by atoms with van der Waals surface area (Å²) in [4.78, 5) is 25.0. The van der Waals surface area contributed by atoms with E-state index in [0.717, 1.165) is 32.1 Å². The van der Waals surface area contributed by atoms with Crippen molar-refractivity contribution >= 4 is 11.6 Å². The van der Waals surface area contributed by atoms with Gasteiger partial charge in [-0.15, -0.1) is 0 Å². The molecule has 0 amide bonds. The second-order valence-electron chi connectivity index (χ2n) is 8.35. The molecule has 4 aliphatic rings. The molecular weight excluding hydrogens is 260 g/mol. The van der Waals surface area contributed by atoms with Crippen molar-refractivity contribution in [3.05, 3.63) is 12.2 Å². The van der Waals surface area contributed by atoms with Crippen LogP contribution in [-0.4, -0.2) is 11.6 Å². The highest BCUT2D eigenvalue weighted by atomic mass is 16.1. The molecule has 3 saturated carbocycles. The molecule has 0 spiro atoms. The summed E-state index contributed by atoms with van der Waals surface area (Å²) in [5.74, 6) is 3.05. The van der Waals surface area contributed by atoms with E-state index in [4.69, 9.17) is 0 Å². The molecule has 114 valence electrons. The molecular formula is C19H26O2. The van der Waals surface area contributed by atoms with Crippen LogP contribution in [-0.2, 0) is 9.59 Å².